The summed E-state index contributed by atoms with van der Waals surface area (Å²) >= 11 is 5.61. The van der Waals surface area contributed by atoms with Crippen LogP contribution in [0, 0.1) is 0 Å². The molecule has 1 aromatic rings. The zero-order valence-electron chi connectivity index (χ0n) is 7.37. The number of carbonyl (C=O) groups is 1. The molecule has 0 atom stereocenters. The fourth-order valence-electron chi connectivity index (χ4n) is 0.795. The molecule has 5 heteroatoms. The van der Waals surface area contributed by atoms with Crippen molar-refractivity contribution in [2.24, 2.45) is 0 Å². The first kappa shape index (κ1) is 13.4. The van der Waals surface area contributed by atoms with Crippen LogP contribution in [-0.4, -0.2) is 69.6 Å². The number of ether oxygens (including phenoxy) is 1. The average Bonchev–Trinajstić information content (AvgIpc) is 2.05. The van der Waals surface area contributed by atoms with Crippen LogP contribution in [0.2, 0.25) is 5.02 Å². The van der Waals surface area contributed by atoms with Crippen molar-refractivity contribution in [1.29, 1.82) is 0 Å². The predicted octanol–water partition coefficient (Wildman–Crippen LogP) is 1.67. The second-order valence-corrected chi connectivity index (χ2v) is 2.56. The topological polar surface area (TPSA) is 46.5 Å². The number of benzene rings is 1. The van der Waals surface area contributed by atoms with Crippen molar-refractivity contribution in [1.82, 2.24) is 0 Å². The molecule has 1 N–H and O–H groups in total. The number of carboxylic acids is 1. The molecule has 65 valence electrons. The van der Waals surface area contributed by atoms with Gasteiger partial charge in [-0.2, -0.15) is 0 Å². The molecular weight excluding hydrogens is 219 g/mol. The molecule has 1 radical (unpaired) electrons. The molecular formula is C8H7ClKO3. The van der Waals surface area contributed by atoms with Gasteiger partial charge in [0.25, 0.3) is 0 Å². The fourth-order valence-corrected chi connectivity index (χ4v) is 0.994. The number of hydrogen-bond donors (Lipinski definition) is 1. The van der Waals surface area contributed by atoms with E-state index in [1.165, 1.54) is 19.2 Å². The van der Waals surface area contributed by atoms with Crippen LogP contribution >= 0.6 is 11.6 Å². The van der Waals surface area contributed by atoms with Gasteiger partial charge in [-0.15, -0.1) is 0 Å². The van der Waals surface area contributed by atoms with Gasteiger partial charge in [0.05, 0.1) is 17.7 Å². The van der Waals surface area contributed by atoms with E-state index in [2.05, 4.69) is 0 Å². The third kappa shape index (κ3) is 3.57. The van der Waals surface area contributed by atoms with Crippen LogP contribution < -0.4 is 4.74 Å². The van der Waals surface area contributed by atoms with Crippen LogP contribution in [0.5, 0.6) is 5.75 Å². The Balaban J connectivity index is 0.00000144. The van der Waals surface area contributed by atoms with Crippen LogP contribution in [0.4, 0.5) is 0 Å². The number of methoxy groups -OCH3 is 1. The zero-order valence-corrected chi connectivity index (χ0v) is 11.3. The Kier molecular flexibility index (Phi) is 6.20. The van der Waals surface area contributed by atoms with E-state index in [1.54, 1.807) is 6.07 Å². The molecule has 0 unspecified atom stereocenters. The van der Waals surface area contributed by atoms with E-state index in [4.69, 9.17) is 21.4 Å². The van der Waals surface area contributed by atoms with Crippen molar-refractivity contribution < 1.29 is 14.6 Å². The minimum absolute atomic E-state index is 0. The Hall–Kier alpha value is 0.416. The third-order valence-electron chi connectivity index (χ3n) is 1.40. The van der Waals surface area contributed by atoms with Crippen molar-refractivity contribution in [3.05, 3.63) is 28.8 Å². The van der Waals surface area contributed by atoms with Crippen LogP contribution in [0.25, 0.3) is 0 Å². The van der Waals surface area contributed by atoms with E-state index in [9.17, 15) is 4.79 Å². The molecule has 0 aliphatic carbocycles. The molecule has 3 nitrogen and oxygen atoms in total. The third-order valence-corrected chi connectivity index (χ3v) is 1.73. The minimum Gasteiger partial charge on any atom is -0.497 e. The van der Waals surface area contributed by atoms with Gasteiger partial charge >= 0.3 is 5.97 Å². The molecule has 0 amide bonds. The fraction of sp³-hybridized carbons (Fsp3) is 0.125. The summed E-state index contributed by atoms with van der Waals surface area (Å²) in [6.07, 6.45) is 0. The van der Waals surface area contributed by atoms with Crippen molar-refractivity contribution in [3.8, 4) is 5.75 Å². The maximum atomic E-state index is 10.5. The van der Waals surface area contributed by atoms with E-state index >= 15 is 0 Å². The first-order valence-corrected chi connectivity index (χ1v) is 3.60. The van der Waals surface area contributed by atoms with Crippen LogP contribution in [0.3, 0.4) is 0 Å². The average molecular weight is 226 g/mol. The molecule has 1 aromatic carbocycles. The molecule has 0 saturated carbocycles. The molecule has 0 spiro atoms. The van der Waals surface area contributed by atoms with E-state index in [0.29, 0.717) is 5.75 Å². The predicted molar refractivity (Wildman–Crippen MR) is 50.7 cm³/mol. The summed E-state index contributed by atoms with van der Waals surface area (Å²) in [6.45, 7) is 0. The summed E-state index contributed by atoms with van der Waals surface area (Å²) in [4.78, 5) is 10.5. The molecule has 1 rings (SSSR count). The SMILES string of the molecule is COc1ccc(Cl)c(C(=O)O)c1.[K]. The molecule has 0 bridgehead atoms. The Labute approximate surface area is 123 Å². The second-order valence-electron chi connectivity index (χ2n) is 2.15. The Morgan fingerprint density at radius 1 is 1.54 bits per heavy atom. The van der Waals surface area contributed by atoms with E-state index in [0.717, 1.165) is 0 Å². The van der Waals surface area contributed by atoms with Crippen LogP contribution in [0.15, 0.2) is 18.2 Å². The van der Waals surface area contributed by atoms with Gasteiger partial charge in [-0.3, -0.25) is 0 Å². The molecule has 0 heterocycles. The molecule has 13 heavy (non-hydrogen) atoms. The van der Waals surface area contributed by atoms with Gasteiger partial charge in [0.1, 0.15) is 5.75 Å². The Bertz CT molecular complexity index is 314. The molecule has 0 fully saturated rings. The van der Waals surface area contributed by atoms with Gasteiger partial charge in [0, 0.05) is 51.4 Å². The van der Waals surface area contributed by atoms with Gasteiger partial charge in [0.2, 0.25) is 0 Å². The molecule has 0 saturated heterocycles. The minimum atomic E-state index is -1.06. The summed E-state index contributed by atoms with van der Waals surface area (Å²) in [5, 5.41) is 8.86. The smallest absolute Gasteiger partial charge is 0.337 e. The van der Waals surface area contributed by atoms with Gasteiger partial charge in [-0.05, 0) is 18.2 Å². The standard InChI is InChI=1S/C8H7ClO3.K/c1-12-5-2-3-7(9)6(4-5)8(10)11;/h2-4H,1H3,(H,10,11);. The second kappa shape index (κ2) is 6.00. The van der Waals surface area contributed by atoms with Gasteiger partial charge in [-0.1, -0.05) is 11.6 Å². The normalized spacial score (nSPS) is 8.77. The summed E-state index contributed by atoms with van der Waals surface area (Å²) in [5.41, 5.74) is 0.0519. The summed E-state index contributed by atoms with van der Waals surface area (Å²) in [6, 6.07) is 4.48. The van der Waals surface area contributed by atoms with Crippen LogP contribution in [0.1, 0.15) is 10.4 Å². The molecule has 0 aliphatic heterocycles. The first-order valence-electron chi connectivity index (χ1n) is 3.22. The summed E-state index contributed by atoms with van der Waals surface area (Å²) in [5.74, 6) is -0.573. The summed E-state index contributed by atoms with van der Waals surface area (Å²) in [7, 11) is 1.47. The van der Waals surface area contributed by atoms with Gasteiger partial charge in [0.15, 0.2) is 0 Å². The first-order chi connectivity index (χ1) is 5.65. The molecule has 0 aromatic heterocycles. The summed E-state index contributed by atoms with van der Waals surface area (Å²) < 4.78 is 4.84. The zero-order chi connectivity index (χ0) is 9.14. The van der Waals surface area contributed by atoms with Crippen molar-refractivity contribution in [2.75, 3.05) is 7.11 Å². The number of halogens is 1. The van der Waals surface area contributed by atoms with Crippen molar-refractivity contribution in [2.45, 2.75) is 0 Å². The monoisotopic (exact) mass is 225 g/mol. The van der Waals surface area contributed by atoms with E-state index in [-0.39, 0.29) is 62.0 Å². The van der Waals surface area contributed by atoms with Gasteiger partial charge in [-0.25, -0.2) is 4.79 Å². The van der Waals surface area contributed by atoms with E-state index in [1.807, 2.05) is 0 Å². The Morgan fingerprint density at radius 3 is 2.62 bits per heavy atom. The molecule has 0 aliphatic rings. The van der Waals surface area contributed by atoms with Crippen molar-refractivity contribution >= 4 is 69.0 Å². The Morgan fingerprint density at radius 2 is 2.15 bits per heavy atom. The quantitative estimate of drug-likeness (QED) is 0.779. The maximum absolute atomic E-state index is 10.5. The number of carboxylic acid groups (broad SMARTS) is 1. The number of rotatable bonds is 2. The van der Waals surface area contributed by atoms with Crippen LogP contribution in [-0.2, 0) is 0 Å². The largest absolute Gasteiger partial charge is 0.497 e. The van der Waals surface area contributed by atoms with E-state index < -0.39 is 5.97 Å². The van der Waals surface area contributed by atoms with Crippen molar-refractivity contribution in [3.63, 3.8) is 0 Å². The number of aromatic carboxylic acids is 1. The number of hydrogen-bond acceptors (Lipinski definition) is 2. The van der Waals surface area contributed by atoms with Gasteiger partial charge < -0.3 is 9.84 Å². The maximum Gasteiger partial charge on any atom is 0.337 e.